The lowest BCUT2D eigenvalue weighted by Gasteiger charge is -2.20. The minimum Gasteiger partial charge on any atom is -0.497 e. The van der Waals surface area contributed by atoms with Crippen LogP contribution >= 0.6 is 0 Å². The lowest BCUT2D eigenvalue weighted by atomic mass is 9.77. The maximum atomic E-state index is 9.55. The molecule has 2 aliphatic rings. The van der Waals surface area contributed by atoms with Crippen LogP contribution in [0.5, 0.6) is 5.75 Å². The predicted octanol–water partition coefficient (Wildman–Crippen LogP) is 3.15. The number of rotatable bonds is 2. The second kappa shape index (κ2) is 4.00. The maximum absolute atomic E-state index is 9.55. The summed E-state index contributed by atoms with van der Waals surface area (Å²) in [4.78, 5) is 0. The van der Waals surface area contributed by atoms with Crippen LogP contribution in [-0.2, 0) is 10.3 Å². The summed E-state index contributed by atoms with van der Waals surface area (Å²) >= 11 is 0. The zero-order chi connectivity index (χ0) is 12.6. The first-order valence-electron chi connectivity index (χ1n) is 6.52. The van der Waals surface area contributed by atoms with Crippen molar-refractivity contribution in [3.63, 3.8) is 0 Å². The standard InChI is InChI=1S/C15H17NO2/c1-17-13-7-5-12(6-8-13)15(11-16)14(18-15)9-3-2-4-10-14/h5-8H,2-4,9-10H2,1H3. The molecule has 0 aromatic heterocycles. The van der Waals surface area contributed by atoms with E-state index >= 15 is 0 Å². The molecule has 0 N–H and O–H groups in total. The number of nitriles is 1. The number of ether oxygens (including phenoxy) is 2. The largest absolute Gasteiger partial charge is 0.497 e. The average Bonchev–Trinajstić information content (AvgIpc) is 3.08. The van der Waals surface area contributed by atoms with Gasteiger partial charge in [-0.25, -0.2) is 0 Å². The van der Waals surface area contributed by atoms with Crippen molar-refractivity contribution >= 4 is 0 Å². The number of benzene rings is 1. The van der Waals surface area contributed by atoms with Crippen molar-refractivity contribution < 1.29 is 9.47 Å². The summed E-state index contributed by atoms with van der Waals surface area (Å²) in [5.74, 6) is 0.810. The topological polar surface area (TPSA) is 45.5 Å². The van der Waals surface area contributed by atoms with Gasteiger partial charge in [0.15, 0.2) is 0 Å². The average molecular weight is 243 g/mol. The summed E-state index contributed by atoms with van der Waals surface area (Å²) in [6.45, 7) is 0. The van der Waals surface area contributed by atoms with Crippen molar-refractivity contribution in [3.8, 4) is 11.8 Å². The number of epoxide rings is 1. The third-order valence-electron chi connectivity index (χ3n) is 4.26. The highest BCUT2D eigenvalue weighted by Gasteiger charge is 2.71. The maximum Gasteiger partial charge on any atom is 0.209 e. The number of methoxy groups -OCH3 is 1. The summed E-state index contributed by atoms with van der Waals surface area (Å²) < 4.78 is 11.1. The minimum absolute atomic E-state index is 0.214. The van der Waals surface area contributed by atoms with Gasteiger partial charge in [0.1, 0.15) is 17.4 Å². The van der Waals surface area contributed by atoms with Gasteiger partial charge in [0.25, 0.3) is 0 Å². The van der Waals surface area contributed by atoms with Crippen molar-refractivity contribution in [1.29, 1.82) is 5.26 Å². The molecule has 0 radical (unpaired) electrons. The normalized spacial score (nSPS) is 28.7. The first-order chi connectivity index (χ1) is 8.76. The summed E-state index contributed by atoms with van der Waals surface area (Å²) in [5, 5.41) is 9.55. The zero-order valence-electron chi connectivity index (χ0n) is 10.6. The molecule has 0 amide bonds. The Morgan fingerprint density at radius 3 is 2.39 bits per heavy atom. The van der Waals surface area contributed by atoms with Gasteiger partial charge in [-0.1, -0.05) is 31.4 Å². The molecule has 1 aromatic rings. The van der Waals surface area contributed by atoms with E-state index in [1.807, 2.05) is 24.3 Å². The molecule has 1 saturated heterocycles. The molecule has 1 spiro atoms. The van der Waals surface area contributed by atoms with Gasteiger partial charge in [-0.05, 0) is 25.0 Å². The van der Waals surface area contributed by atoms with Crippen LogP contribution in [0.4, 0.5) is 0 Å². The Morgan fingerprint density at radius 1 is 1.17 bits per heavy atom. The van der Waals surface area contributed by atoms with Gasteiger partial charge in [0.2, 0.25) is 5.60 Å². The molecule has 3 nitrogen and oxygen atoms in total. The Bertz CT molecular complexity index is 482. The molecule has 2 fully saturated rings. The Kier molecular flexibility index (Phi) is 2.57. The van der Waals surface area contributed by atoms with Crippen molar-refractivity contribution in [2.45, 2.75) is 43.3 Å². The SMILES string of the molecule is COc1ccc(C2(C#N)OC23CCCCC3)cc1. The molecule has 1 unspecified atom stereocenters. The van der Waals surface area contributed by atoms with Gasteiger partial charge in [0.05, 0.1) is 7.11 Å². The highest BCUT2D eigenvalue weighted by atomic mass is 16.6. The highest BCUT2D eigenvalue weighted by molar-refractivity contribution is 5.43. The van der Waals surface area contributed by atoms with Crippen LogP contribution in [0.15, 0.2) is 24.3 Å². The van der Waals surface area contributed by atoms with Crippen LogP contribution in [-0.4, -0.2) is 12.7 Å². The van der Waals surface area contributed by atoms with Gasteiger partial charge in [-0.15, -0.1) is 0 Å². The second-order valence-corrected chi connectivity index (χ2v) is 5.18. The van der Waals surface area contributed by atoms with Gasteiger partial charge in [-0.2, -0.15) is 5.26 Å². The van der Waals surface area contributed by atoms with Crippen molar-refractivity contribution in [3.05, 3.63) is 29.8 Å². The second-order valence-electron chi connectivity index (χ2n) is 5.18. The fourth-order valence-electron chi connectivity index (χ4n) is 3.18. The van der Waals surface area contributed by atoms with E-state index in [4.69, 9.17) is 9.47 Å². The lowest BCUT2D eigenvalue weighted by molar-refractivity contribution is 0.229. The number of hydrogen-bond donors (Lipinski definition) is 0. The third-order valence-corrected chi connectivity index (χ3v) is 4.26. The fraction of sp³-hybridized carbons (Fsp3) is 0.533. The molecule has 3 rings (SSSR count). The fourth-order valence-corrected chi connectivity index (χ4v) is 3.18. The van der Waals surface area contributed by atoms with Crippen molar-refractivity contribution in [2.24, 2.45) is 0 Å². The molecule has 0 bridgehead atoms. The van der Waals surface area contributed by atoms with E-state index in [1.165, 1.54) is 19.3 Å². The van der Waals surface area contributed by atoms with Crippen LogP contribution < -0.4 is 4.74 Å². The molecule has 1 aromatic carbocycles. The van der Waals surface area contributed by atoms with E-state index in [0.717, 1.165) is 24.2 Å². The molecular formula is C15H17NO2. The number of nitrogens with zero attached hydrogens (tertiary/aromatic N) is 1. The van der Waals surface area contributed by atoms with E-state index in [-0.39, 0.29) is 5.60 Å². The van der Waals surface area contributed by atoms with Gasteiger partial charge in [-0.3, -0.25) is 0 Å². The monoisotopic (exact) mass is 243 g/mol. The molecule has 94 valence electrons. The lowest BCUT2D eigenvalue weighted by Crippen LogP contribution is -2.25. The molecule has 18 heavy (non-hydrogen) atoms. The number of hydrogen-bond acceptors (Lipinski definition) is 3. The first kappa shape index (κ1) is 11.6. The van der Waals surface area contributed by atoms with E-state index in [2.05, 4.69) is 6.07 Å². The molecule has 1 heterocycles. The van der Waals surface area contributed by atoms with E-state index in [9.17, 15) is 5.26 Å². The van der Waals surface area contributed by atoms with Crippen LogP contribution in [0.1, 0.15) is 37.7 Å². The molecule has 1 aliphatic heterocycles. The van der Waals surface area contributed by atoms with E-state index in [0.29, 0.717) is 0 Å². The molecule has 1 saturated carbocycles. The van der Waals surface area contributed by atoms with Crippen molar-refractivity contribution in [1.82, 2.24) is 0 Å². The smallest absolute Gasteiger partial charge is 0.209 e. The van der Waals surface area contributed by atoms with Crippen LogP contribution in [0.25, 0.3) is 0 Å². The van der Waals surface area contributed by atoms with Crippen LogP contribution in [0, 0.1) is 11.3 Å². The van der Waals surface area contributed by atoms with Crippen LogP contribution in [0.2, 0.25) is 0 Å². The van der Waals surface area contributed by atoms with E-state index < -0.39 is 5.60 Å². The zero-order valence-corrected chi connectivity index (χ0v) is 10.6. The molecule has 1 atom stereocenters. The third kappa shape index (κ3) is 1.46. The molecule has 3 heteroatoms. The highest BCUT2D eigenvalue weighted by Crippen LogP contribution is 2.62. The Hall–Kier alpha value is -1.53. The Labute approximate surface area is 107 Å². The van der Waals surface area contributed by atoms with Crippen LogP contribution in [0.3, 0.4) is 0 Å². The summed E-state index contributed by atoms with van der Waals surface area (Å²) in [6.07, 6.45) is 5.60. The Morgan fingerprint density at radius 2 is 1.83 bits per heavy atom. The predicted molar refractivity (Wildman–Crippen MR) is 67.2 cm³/mol. The van der Waals surface area contributed by atoms with Gasteiger partial charge >= 0.3 is 0 Å². The van der Waals surface area contributed by atoms with Gasteiger partial charge in [0, 0.05) is 5.56 Å². The summed E-state index contributed by atoms with van der Waals surface area (Å²) in [5.41, 5.74) is 0.0431. The Balaban J connectivity index is 1.91. The van der Waals surface area contributed by atoms with Crippen molar-refractivity contribution in [2.75, 3.05) is 7.11 Å². The minimum atomic E-state index is -0.709. The molecule has 1 aliphatic carbocycles. The summed E-state index contributed by atoms with van der Waals surface area (Å²) in [6, 6.07) is 10.1. The molecular weight excluding hydrogens is 226 g/mol. The van der Waals surface area contributed by atoms with Gasteiger partial charge < -0.3 is 9.47 Å². The summed E-state index contributed by atoms with van der Waals surface area (Å²) in [7, 11) is 1.64. The van der Waals surface area contributed by atoms with E-state index in [1.54, 1.807) is 7.11 Å². The quantitative estimate of drug-likeness (QED) is 0.749. The first-order valence-corrected chi connectivity index (χ1v) is 6.52.